The minimum absolute atomic E-state index is 0. The maximum Gasteiger partial charge on any atom is 0.235 e. The van der Waals surface area contributed by atoms with Crippen molar-refractivity contribution in [1.82, 2.24) is 4.90 Å². The molecule has 0 unspecified atom stereocenters. The standard InChI is InChI=1S/C21H21NO6.ClH/c1-26-21-16(23)7-6-15-17(24)18(25)19(28-20(15)21)14-4-2-13(3-5-14)12-22-8-10-27-11-9-22;/h2-7,23,25H,8-12H2,1H3;1H. The summed E-state index contributed by atoms with van der Waals surface area (Å²) in [6.07, 6.45) is 0. The summed E-state index contributed by atoms with van der Waals surface area (Å²) in [5.41, 5.74) is 1.20. The number of benzene rings is 2. The van der Waals surface area contributed by atoms with Crippen molar-refractivity contribution in [1.29, 1.82) is 0 Å². The highest BCUT2D eigenvalue weighted by Crippen LogP contribution is 2.38. The number of hydrogen-bond acceptors (Lipinski definition) is 7. The molecule has 7 nitrogen and oxygen atoms in total. The monoisotopic (exact) mass is 419 g/mol. The summed E-state index contributed by atoms with van der Waals surface area (Å²) in [6, 6.07) is 10.2. The van der Waals surface area contributed by atoms with E-state index < -0.39 is 11.2 Å². The van der Waals surface area contributed by atoms with Crippen LogP contribution in [0.4, 0.5) is 0 Å². The van der Waals surface area contributed by atoms with E-state index in [1.807, 2.05) is 12.1 Å². The number of phenolic OH excluding ortho intramolecular Hbond substituents is 1. The van der Waals surface area contributed by atoms with E-state index in [1.54, 1.807) is 12.1 Å². The zero-order valence-electron chi connectivity index (χ0n) is 15.9. The van der Waals surface area contributed by atoms with Crippen LogP contribution < -0.4 is 10.2 Å². The van der Waals surface area contributed by atoms with Gasteiger partial charge in [0.05, 0.1) is 25.7 Å². The smallest absolute Gasteiger partial charge is 0.235 e. The predicted molar refractivity (Wildman–Crippen MR) is 111 cm³/mol. The van der Waals surface area contributed by atoms with Crippen molar-refractivity contribution in [3.63, 3.8) is 0 Å². The molecule has 29 heavy (non-hydrogen) atoms. The molecule has 0 saturated carbocycles. The summed E-state index contributed by atoms with van der Waals surface area (Å²) in [6.45, 7) is 4.07. The van der Waals surface area contributed by atoms with Gasteiger partial charge in [0.2, 0.25) is 16.9 Å². The largest absolute Gasteiger partial charge is 0.504 e. The first kappa shape index (κ1) is 21.0. The number of nitrogens with zero attached hydrogens (tertiary/aromatic N) is 1. The molecule has 1 fully saturated rings. The summed E-state index contributed by atoms with van der Waals surface area (Å²) in [5, 5.41) is 20.5. The molecule has 3 aromatic rings. The molecule has 0 amide bonds. The zero-order valence-corrected chi connectivity index (χ0v) is 16.7. The first-order chi connectivity index (χ1) is 13.6. The highest BCUT2D eigenvalue weighted by Gasteiger charge is 2.20. The van der Waals surface area contributed by atoms with Crippen LogP contribution in [-0.4, -0.2) is 48.5 Å². The first-order valence-corrected chi connectivity index (χ1v) is 9.03. The van der Waals surface area contributed by atoms with Gasteiger partial charge in [-0.3, -0.25) is 9.69 Å². The number of phenols is 1. The Hall–Kier alpha value is -2.74. The molecule has 0 bridgehead atoms. The lowest BCUT2D eigenvalue weighted by atomic mass is 10.1. The third-order valence-corrected chi connectivity index (χ3v) is 4.90. The summed E-state index contributed by atoms with van der Waals surface area (Å²) < 4.78 is 16.3. The van der Waals surface area contributed by atoms with E-state index in [2.05, 4.69) is 4.90 Å². The van der Waals surface area contributed by atoms with Crippen LogP contribution in [0.3, 0.4) is 0 Å². The summed E-state index contributed by atoms with van der Waals surface area (Å²) in [7, 11) is 1.38. The first-order valence-electron chi connectivity index (χ1n) is 9.03. The van der Waals surface area contributed by atoms with Gasteiger partial charge < -0.3 is 24.1 Å². The second-order valence-electron chi connectivity index (χ2n) is 6.69. The SMILES string of the molecule is COc1c(O)ccc2c(=O)c(O)c(-c3ccc(CN4CCOCC4)cc3)oc12.Cl. The summed E-state index contributed by atoms with van der Waals surface area (Å²) >= 11 is 0. The van der Waals surface area contributed by atoms with Gasteiger partial charge >= 0.3 is 0 Å². The molecule has 1 saturated heterocycles. The van der Waals surface area contributed by atoms with E-state index in [9.17, 15) is 15.0 Å². The summed E-state index contributed by atoms with van der Waals surface area (Å²) in [4.78, 5) is 14.9. The van der Waals surface area contributed by atoms with Gasteiger partial charge in [0.25, 0.3) is 0 Å². The minimum Gasteiger partial charge on any atom is -0.504 e. The molecule has 154 valence electrons. The van der Waals surface area contributed by atoms with Crippen molar-refractivity contribution in [2.24, 2.45) is 0 Å². The quantitative estimate of drug-likeness (QED) is 0.671. The van der Waals surface area contributed by atoms with Crippen molar-refractivity contribution in [2.45, 2.75) is 6.54 Å². The molecule has 2 heterocycles. The van der Waals surface area contributed by atoms with Gasteiger partial charge in [-0.2, -0.15) is 0 Å². The number of morpholine rings is 1. The van der Waals surface area contributed by atoms with Gasteiger partial charge in [0.1, 0.15) is 0 Å². The number of aromatic hydroxyl groups is 2. The Morgan fingerprint density at radius 1 is 1.07 bits per heavy atom. The molecule has 0 atom stereocenters. The van der Waals surface area contributed by atoms with Crippen LogP contribution >= 0.6 is 12.4 Å². The Morgan fingerprint density at radius 3 is 2.41 bits per heavy atom. The molecule has 1 aromatic heterocycles. The van der Waals surface area contributed by atoms with Crippen LogP contribution in [0.5, 0.6) is 17.2 Å². The third-order valence-electron chi connectivity index (χ3n) is 4.90. The van der Waals surface area contributed by atoms with Crippen LogP contribution in [0.25, 0.3) is 22.3 Å². The van der Waals surface area contributed by atoms with Crippen LogP contribution in [0, 0.1) is 0 Å². The number of hydrogen-bond donors (Lipinski definition) is 2. The number of methoxy groups -OCH3 is 1. The molecule has 0 radical (unpaired) electrons. The van der Waals surface area contributed by atoms with E-state index in [0.29, 0.717) is 5.56 Å². The Labute approximate surface area is 173 Å². The van der Waals surface area contributed by atoms with E-state index in [4.69, 9.17) is 13.9 Å². The van der Waals surface area contributed by atoms with Crippen LogP contribution in [0.1, 0.15) is 5.56 Å². The van der Waals surface area contributed by atoms with Gasteiger partial charge in [0.15, 0.2) is 17.1 Å². The van der Waals surface area contributed by atoms with Gasteiger partial charge in [-0.05, 0) is 17.7 Å². The Bertz CT molecular complexity index is 1060. The molecular weight excluding hydrogens is 398 g/mol. The molecule has 1 aliphatic heterocycles. The van der Waals surface area contributed by atoms with Crippen molar-refractivity contribution in [2.75, 3.05) is 33.4 Å². The highest BCUT2D eigenvalue weighted by molar-refractivity contribution is 5.88. The van der Waals surface area contributed by atoms with Gasteiger partial charge in [-0.1, -0.05) is 24.3 Å². The van der Waals surface area contributed by atoms with Crippen LogP contribution in [-0.2, 0) is 11.3 Å². The molecular formula is C21H22ClNO6. The van der Waals surface area contributed by atoms with E-state index >= 15 is 0 Å². The highest BCUT2D eigenvalue weighted by atomic mass is 35.5. The number of rotatable bonds is 4. The topological polar surface area (TPSA) is 92.4 Å². The van der Waals surface area contributed by atoms with E-state index in [-0.39, 0.29) is 40.6 Å². The Morgan fingerprint density at radius 2 is 1.76 bits per heavy atom. The predicted octanol–water partition coefficient (Wildman–Crippen LogP) is 3.13. The maximum atomic E-state index is 12.6. The lowest BCUT2D eigenvalue weighted by Crippen LogP contribution is -2.35. The van der Waals surface area contributed by atoms with Crippen molar-refractivity contribution in [3.8, 4) is 28.6 Å². The fraction of sp³-hybridized carbons (Fsp3) is 0.286. The van der Waals surface area contributed by atoms with Gasteiger partial charge in [0, 0.05) is 25.2 Å². The normalized spacial score (nSPS) is 14.5. The molecule has 0 spiro atoms. The van der Waals surface area contributed by atoms with Crippen molar-refractivity contribution < 1.29 is 24.1 Å². The van der Waals surface area contributed by atoms with Crippen molar-refractivity contribution in [3.05, 3.63) is 52.2 Å². The molecule has 4 rings (SSSR count). The lowest BCUT2D eigenvalue weighted by Gasteiger charge is -2.26. The molecule has 0 aliphatic carbocycles. The average Bonchev–Trinajstić information content (AvgIpc) is 2.72. The number of fused-ring (bicyclic) bond motifs is 1. The average molecular weight is 420 g/mol. The van der Waals surface area contributed by atoms with Crippen molar-refractivity contribution >= 4 is 23.4 Å². The molecule has 8 heteroatoms. The second kappa shape index (κ2) is 8.73. The maximum absolute atomic E-state index is 12.6. The fourth-order valence-electron chi connectivity index (χ4n) is 3.39. The van der Waals surface area contributed by atoms with Crippen LogP contribution in [0.2, 0.25) is 0 Å². The second-order valence-corrected chi connectivity index (χ2v) is 6.69. The number of halogens is 1. The van der Waals surface area contributed by atoms with E-state index in [1.165, 1.54) is 19.2 Å². The van der Waals surface area contributed by atoms with Gasteiger partial charge in [-0.15, -0.1) is 12.4 Å². The fourth-order valence-corrected chi connectivity index (χ4v) is 3.39. The van der Waals surface area contributed by atoms with Gasteiger partial charge in [-0.25, -0.2) is 0 Å². The third kappa shape index (κ3) is 4.03. The molecule has 1 aliphatic rings. The Kier molecular flexibility index (Phi) is 6.32. The van der Waals surface area contributed by atoms with E-state index in [0.717, 1.165) is 38.4 Å². The Balaban J connectivity index is 0.00000240. The lowest BCUT2D eigenvalue weighted by molar-refractivity contribution is 0.0342. The number of ether oxygens (including phenoxy) is 2. The zero-order chi connectivity index (χ0) is 19.7. The summed E-state index contributed by atoms with van der Waals surface area (Å²) in [5.74, 6) is -0.518. The minimum atomic E-state index is -0.577. The van der Waals surface area contributed by atoms with Crippen LogP contribution in [0.15, 0.2) is 45.6 Å². The molecule has 2 aromatic carbocycles. The molecule has 2 N–H and O–H groups in total.